The quantitative estimate of drug-likeness (QED) is 0.801. The molecule has 5 heteroatoms. The average Bonchev–Trinajstić information content (AvgIpc) is 3.01. The Kier molecular flexibility index (Phi) is 3.51. The highest BCUT2D eigenvalue weighted by molar-refractivity contribution is 5.82. The van der Waals surface area contributed by atoms with Crippen molar-refractivity contribution >= 4 is 11.0 Å². The first-order valence-corrected chi connectivity index (χ1v) is 6.97. The van der Waals surface area contributed by atoms with Crippen LogP contribution in [0.15, 0.2) is 34.9 Å². The van der Waals surface area contributed by atoms with Gasteiger partial charge in [-0.15, -0.1) is 0 Å². The van der Waals surface area contributed by atoms with E-state index in [4.69, 9.17) is 10.2 Å². The molecule has 0 bridgehead atoms. The van der Waals surface area contributed by atoms with E-state index in [0.29, 0.717) is 5.58 Å². The molecule has 0 aliphatic heterocycles. The van der Waals surface area contributed by atoms with Gasteiger partial charge in [0.05, 0.1) is 6.04 Å². The molecule has 3 rings (SSSR count). The monoisotopic (exact) mass is 287 g/mol. The number of aryl methyl sites for hydroxylation is 3. The van der Waals surface area contributed by atoms with Crippen LogP contribution in [0.4, 0.5) is 4.39 Å². The van der Waals surface area contributed by atoms with Gasteiger partial charge in [0.2, 0.25) is 0 Å². The largest absolute Gasteiger partial charge is 0.459 e. The molecule has 0 saturated carbocycles. The van der Waals surface area contributed by atoms with Crippen molar-refractivity contribution in [2.45, 2.75) is 25.8 Å². The Hall–Kier alpha value is -2.14. The molecule has 4 nitrogen and oxygen atoms in total. The molecule has 2 N–H and O–H groups in total. The van der Waals surface area contributed by atoms with Crippen LogP contribution in [0.25, 0.3) is 11.0 Å². The van der Waals surface area contributed by atoms with Crippen LogP contribution in [0, 0.1) is 12.7 Å². The third-order valence-corrected chi connectivity index (χ3v) is 3.91. The van der Waals surface area contributed by atoms with E-state index >= 15 is 0 Å². The fraction of sp³-hybridized carbons (Fsp3) is 0.312. The number of nitrogens with zero attached hydrogens (tertiary/aromatic N) is 2. The summed E-state index contributed by atoms with van der Waals surface area (Å²) in [6.45, 7) is 1.92. The number of fused-ring (bicyclic) bond motifs is 1. The molecule has 1 unspecified atom stereocenters. The Morgan fingerprint density at radius 1 is 1.38 bits per heavy atom. The number of aromatic nitrogens is 2. The van der Waals surface area contributed by atoms with Crippen molar-refractivity contribution in [3.05, 3.63) is 53.3 Å². The van der Waals surface area contributed by atoms with E-state index in [0.717, 1.165) is 35.2 Å². The van der Waals surface area contributed by atoms with Gasteiger partial charge in [0, 0.05) is 29.9 Å². The zero-order valence-electron chi connectivity index (χ0n) is 12.1. The SMILES string of the molecule is Cc1c(C(N)CCc2ccnn2C)oc2ccc(F)cc12. The summed E-state index contributed by atoms with van der Waals surface area (Å²) in [7, 11) is 1.91. The van der Waals surface area contributed by atoms with E-state index in [1.807, 2.05) is 24.7 Å². The van der Waals surface area contributed by atoms with Gasteiger partial charge in [0.15, 0.2) is 0 Å². The lowest BCUT2D eigenvalue weighted by Crippen LogP contribution is -2.12. The first kappa shape index (κ1) is 13.8. The van der Waals surface area contributed by atoms with Crippen LogP contribution < -0.4 is 5.73 Å². The van der Waals surface area contributed by atoms with Gasteiger partial charge >= 0.3 is 0 Å². The number of rotatable bonds is 4. The van der Waals surface area contributed by atoms with Crippen molar-refractivity contribution in [1.82, 2.24) is 9.78 Å². The highest BCUT2D eigenvalue weighted by Gasteiger charge is 2.17. The molecule has 21 heavy (non-hydrogen) atoms. The molecule has 0 radical (unpaired) electrons. The zero-order valence-corrected chi connectivity index (χ0v) is 12.1. The van der Waals surface area contributed by atoms with E-state index in [2.05, 4.69) is 5.10 Å². The standard InChI is InChI=1S/C16H18FN3O/c1-10-13-9-11(17)3-6-15(13)21-16(10)14(18)5-4-12-7-8-19-20(12)2/h3,6-9,14H,4-5,18H2,1-2H3. The van der Waals surface area contributed by atoms with Gasteiger partial charge in [-0.1, -0.05) is 0 Å². The van der Waals surface area contributed by atoms with Crippen LogP contribution in [0.2, 0.25) is 0 Å². The Morgan fingerprint density at radius 3 is 2.90 bits per heavy atom. The van der Waals surface area contributed by atoms with Gasteiger partial charge < -0.3 is 10.2 Å². The predicted molar refractivity (Wildman–Crippen MR) is 79.4 cm³/mol. The molecule has 0 aliphatic carbocycles. The Balaban J connectivity index is 1.83. The van der Waals surface area contributed by atoms with Crippen LogP contribution in [0.3, 0.4) is 0 Å². The second-order valence-corrected chi connectivity index (χ2v) is 5.32. The van der Waals surface area contributed by atoms with E-state index in [1.54, 1.807) is 12.3 Å². The summed E-state index contributed by atoms with van der Waals surface area (Å²) < 4.78 is 21.0. The van der Waals surface area contributed by atoms with Crippen molar-refractivity contribution in [2.24, 2.45) is 12.8 Å². The van der Waals surface area contributed by atoms with Crippen LogP contribution in [0.5, 0.6) is 0 Å². The number of benzene rings is 1. The number of hydrogen-bond acceptors (Lipinski definition) is 3. The summed E-state index contributed by atoms with van der Waals surface area (Å²) in [6, 6.07) is 6.31. The molecule has 0 aliphatic rings. The fourth-order valence-electron chi connectivity index (χ4n) is 2.65. The first-order valence-electron chi connectivity index (χ1n) is 6.97. The summed E-state index contributed by atoms with van der Waals surface area (Å²) in [6.07, 6.45) is 3.35. The summed E-state index contributed by atoms with van der Waals surface area (Å²) in [5.41, 5.74) is 8.98. The molecule has 0 amide bonds. The van der Waals surface area contributed by atoms with Gasteiger partial charge in [-0.25, -0.2) is 4.39 Å². The molecule has 1 atom stereocenters. The minimum atomic E-state index is -0.263. The number of furan rings is 1. The van der Waals surface area contributed by atoms with Crippen molar-refractivity contribution in [1.29, 1.82) is 0 Å². The minimum Gasteiger partial charge on any atom is -0.459 e. The normalized spacial score (nSPS) is 13.0. The van der Waals surface area contributed by atoms with Crippen molar-refractivity contribution < 1.29 is 8.81 Å². The number of halogens is 1. The average molecular weight is 287 g/mol. The van der Waals surface area contributed by atoms with Crippen molar-refractivity contribution in [3.8, 4) is 0 Å². The first-order chi connectivity index (χ1) is 10.1. The van der Waals surface area contributed by atoms with E-state index in [-0.39, 0.29) is 11.9 Å². The van der Waals surface area contributed by atoms with Crippen LogP contribution >= 0.6 is 0 Å². The summed E-state index contributed by atoms with van der Waals surface area (Å²) in [5.74, 6) is 0.471. The van der Waals surface area contributed by atoms with Gasteiger partial charge in [-0.2, -0.15) is 5.10 Å². The Bertz CT molecular complexity index is 775. The van der Waals surface area contributed by atoms with Crippen molar-refractivity contribution in [3.63, 3.8) is 0 Å². The van der Waals surface area contributed by atoms with Crippen LogP contribution in [-0.2, 0) is 13.5 Å². The predicted octanol–water partition coefficient (Wildman–Crippen LogP) is 3.25. The van der Waals surface area contributed by atoms with Crippen LogP contribution in [-0.4, -0.2) is 9.78 Å². The van der Waals surface area contributed by atoms with E-state index < -0.39 is 0 Å². The molecular formula is C16H18FN3O. The number of hydrogen-bond donors (Lipinski definition) is 1. The van der Waals surface area contributed by atoms with Gasteiger partial charge in [-0.3, -0.25) is 4.68 Å². The third kappa shape index (κ3) is 2.56. The molecule has 2 aromatic heterocycles. The maximum Gasteiger partial charge on any atom is 0.134 e. The molecular weight excluding hydrogens is 269 g/mol. The highest BCUT2D eigenvalue weighted by atomic mass is 19.1. The molecule has 0 fully saturated rings. The minimum absolute atomic E-state index is 0.213. The molecule has 110 valence electrons. The summed E-state index contributed by atoms with van der Waals surface area (Å²) in [4.78, 5) is 0. The van der Waals surface area contributed by atoms with Crippen LogP contribution in [0.1, 0.15) is 29.5 Å². The summed E-state index contributed by atoms with van der Waals surface area (Å²) in [5, 5.41) is 4.93. The Labute approximate surface area is 122 Å². The van der Waals surface area contributed by atoms with Crippen molar-refractivity contribution in [2.75, 3.05) is 0 Å². The third-order valence-electron chi connectivity index (χ3n) is 3.91. The number of nitrogens with two attached hydrogens (primary N) is 1. The summed E-state index contributed by atoms with van der Waals surface area (Å²) >= 11 is 0. The maximum absolute atomic E-state index is 13.3. The smallest absolute Gasteiger partial charge is 0.134 e. The molecule has 0 saturated heterocycles. The molecule has 2 heterocycles. The fourth-order valence-corrected chi connectivity index (χ4v) is 2.65. The van der Waals surface area contributed by atoms with Gasteiger partial charge in [0.25, 0.3) is 0 Å². The lowest BCUT2D eigenvalue weighted by molar-refractivity contribution is 0.470. The van der Waals surface area contributed by atoms with E-state index in [1.165, 1.54) is 12.1 Å². The second-order valence-electron chi connectivity index (χ2n) is 5.32. The lowest BCUT2D eigenvalue weighted by atomic mass is 10.0. The van der Waals surface area contributed by atoms with E-state index in [9.17, 15) is 4.39 Å². The Morgan fingerprint density at radius 2 is 2.19 bits per heavy atom. The molecule has 1 aromatic carbocycles. The van der Waals surface area contributed by atoms with Gasteiger partial charge in [-0.05, 0) is 44.0 Å². The maximum atomic E-state index is 13.3. The van der Waals surface area contributed by atoms with Gasteiger partial charge in [0.1, 0.15) is 17.2 Å². The topological polar surface area (TPSA) is 57.0 Å². The molecule has 3 aromatic rings. The zero-order chi connectivity index (χ0) is 15.0. The lowest BCUT2D eigenvalue weighted by Gasteiger charge is -2.10. The highest BCUT2D eigenvalue weighted by Crippen LogP contribution is 2.30. The molecule has 0 spiro atoms. The second kappa shape index (κ2) is 5.33.